The van der Waals surface area contributed by atoms with Crippen LogP contribution in [-0.2, 0) is 4.79 Å². The Balaban J connectivity index is 1.60. The number of benzene rings is 1. The zero-order valence-corrected chi connectivity index (χ0v) is 14.1. The maximum atomic E-state index is 12.7. The van der Waals surface area contributed by atoms with Crippen molar-refractivity contribution in [3.05, 3.63) is 58.3 Å². The van der Waals surface area contributed by atoms with Crippen LogP contribution in [0.15, 0.2) is 47.8 Å². The summed E-state index contributed by atoms with van der Waals surface area (Å²) in [7, 11) is 0. The lowest BCUT2D eigenvalue weighted by atomic mass is 9.93. The first-order chi connectivity index (χ1) is 11.1. The highest BCUT2D eigenvalue weighted by Crippen LogP contribution is 2.42. The molecule has 23 heavy (non-hydrogen) atoms. The van der Waals surface area contributed by atoms with Gasteiger partial charge in [0.05, 0.1) is 12.0 Å². The molecule has 3 nitrogen and oxygen atoms in total. The van der Waals surface area contributed by atoms with E-state index < -0.39 is 6.10 Å². The predicted octanol–water partition coefficient (Wildman–Crippen LogP) is 3.87. The second-order valence-electron chi connectivity index (χ2n) is 6.40. The number of aliphatic hydroxyl groups is 1. The van der Waals surface area contributed by atoms with Crippen LogP contribution < -0.4 is 5.32 Å². The molecule has 1 aliphatic carbocycles. The zero-order valence-electron chi connectivity index (χ0n) is 13.3. The third-order valence-electron chi connectivity index (χ3n) is 4.37. The van der Waals surface area contributed by atoms with Gasteiger partial charge in [0.15, 0.2) is 0 Å². The van der Waals surface area contributed by atoms with E-state index in [-0.39, 0.29) is 17.9 Å². The Morgan fingerprint density at radius 3 is 2.61 bits per heavy atom. The lowest BCUT2D eigenvalue weighted by molar-refractivity contribution is -0.123. The van der Waals surface area contributed by atoms with E-state index in [1.54, 1.807) is 11.3 Å². The Hall–Kier alpha value is -1.65. The number of carbonyl (C=O) groups is 1. The number of aliphatic hydroxyl groups excluding tert-OH is 1. The Morgan fingerprint density at radius 1 is 1.26 bits per heavy atom. The van der Waals surface area contributed by atoms with Gasteiger partial charge in [-0.05, 0) is 49.1 Å². The number of carbonyl (C=O) groups excluding carboxylic acids is 1. The topological polar surface area (TPSA) is 49.3 Å². The lowest BCUT2D eigenvalue weighted by Gasteiger charge is -2.22. The predicted molar refractivity (Wildman–Crippen MR) is 93.4 cm³/mol. The third kappa shape index (κ3) is 4.21. The van der Waals surface area contributed by atoms with Crippen LogP contribution in [0.2, 0.25) is 0 Å². The summed E-state index contributed by atoms with van der Waals surface area (Å²) in [6.07, 6.45) is 2.28. The number of hydrogen-bond donors (Lipinski definition) is 2. The molecule has 0 spiro atoms. The largest absolute Gasteiger partial charge is 0.387 e. The SMILES string of the molecule is CC(CC(O)c1cccs1)NC(=O)C(c1ccccc1)C1CC1. The fraction of sp³-hybridized carbons (Fsp3) is 0.421. The van der Waals surface area contributed by atoms with Crippen molar-refractivity contribution in [1.82, 2.24) is 5.32 Å². The first kappa shape index (κ1) is 16.2. The van der Waals surface area contributed by atoms with Gasteiger partial charge in [-0.25, -0.2) is 0 Å². The molecule has 1 fully saturated rings. The van der Waals surface area contributed by atoms with Crippen LogP contribution in [0, 0.1) is 5.92 Å². The molecule has 1 aromatic carbocycles. The first-order valence-electron chi connectivity index (χ1n) is 8.22. The van der Waals surface area contributed by atoms with Crippen molar-refractivity contribution in [3.8, 4) is 0 Å². The second-order valence-corrected chi connectivity index (χ2v) is 7.38. The van der Waals surface area contributed by atoms with E-state index in [9.17, 15) is 9.90 Å². The number of thiophene rings is 1. The van der Waals surface area contributed by atoms with Crippen LogP contribution in [-0.4, -0.2) is 17.1 Å². The summed E-state index contributed by atoms with van der Waals surface area (Å²) in [6.45, 7) is 1.96. The fourth-order valence-electron chi connectivity index (χ4n) is 3.05. The van der Waals surface area contributed by atoms with E-state index in [1.807, 2.05) is 54.8 Å². The van der Waals surface area contributed by atoms with E-state index in [4.69, 9.17) is 0 Å². The summed E-state index contributed by atoms with van der Waals surface area (Å²) >= 11 is 1.55. The highest BCUT2D eigenvalue weighted by Gasteiger charge is 2.37. The van der Waals surface area contributed by atoms with Crippen molar-refractivity contribution in [2.45, 2.75) is 44.2 Å². The minimum atomic E-state index is -0.513. The standard InChI is InChI=1S/C19H23NO2S/c1-13(12-16(21)17-8-5-11-23-17)20-19(22)18(15-9-10-15)14-6-3-2-4-7-14/h2-8,11,13,15-16,18,21H,9-10,12H2,1H3,(H,20,22). The lowest BCUT2D eigenvalue weighted by Crippen LogP contribution is -2.37. The summed E-state index contributed by atoms with van der Waals surface area (Å²) in [4.78, 5) is 13.7. The molecule has 2 N–H and O–H groups in total. The van der Waals surface area contributed by atoms with E-state index in [0.29, 0.717) is 12.3 Å². The van der Waals surface area contributed by atoms with Crippen molar-refractivity contribution in [2.75, 3.05) is 0 Å². The van der Waals surface area contributed by atoms with E-state index in [2.05, 4.69) is 5.32 Å². The molecule has 1 saturated carbocycles. The molecule has 4 heteroatoms. The molecule has 1 amide bonds. The van der Waals surface area contributed by atoms with Crippen LogP contribution in [0.1, 0.15) is 48.6 Å². The summed E-state index contributed by atoms with van der Waals surface area (Å²) in [6, 6.07) is 13.8. The summed E-state index contributed by atoms with van der Waals surface area (Å²) < 4.78 is 0. The van der Waals surface area contributed by atoms with Crippen molar-refractivity contribution in [2.24, 2.45) is 5.92 Å². The van der Waals surface area contributed by atoms with Crippen LogP contribution in [0.5, 0.6) is 0 Å². The molecule has 0 aliphatic heterocycles. The molecule has 1 aromatic heterocycles. The molecule has 3 atom stereocenters. The Morgan fingerprint density at radius 2 is 2.00 bits per heavy atom. The molecule has 1 aliphatic rings. The molecular weight excluding hydrogens is 306 g/mol. The first-order valence-corrected chi connectivity index (χ1v) is 9.10. The van der Waals surface area contributed by atoms with Crippen molar-refractivity contribution < 1.29 is 9.90 Å². The number of amides is 1. The Bertz CT molecular complexity index is 622. The normalized spacial score (nSPS) is 18.2. The molecule has 3 rings (SSSR count). The van der Waals surface area contributed by atoms with Gasteiger partial charge in [-0.3, -0.25) is 4.79 Å². The number of rotatable bonds is 7. The number of nitrogens with one attached hydrogen (secondary N) is 1. The maximum absolute atomic E-state index is 12.7. The van der Waals surface area contributed by atoms with E-state index in [0.717, 1.165) is 23.3 Å². The van der Waals surface area contributed by atoms with Gasteiger partial charge in [0.25, 0.3) is 0 Å². The van der Waals surface area contributed by atoms with Crippen molar-refractivity contribution in [3.63, 3.8) is 0 Å². The molecule has 0 saturated heterocycles. The smallest absolute Gasteiger partial charge is 0.228 e. The quantitative estimate of drug-likeness (QED) is 0.810. The molecule has 0 radical (unpaired) electrons. The molecule has 122 valence electrons. The van der Waals surface area contributed by atoms with Gasteiger partial charge < -0.3 is 10.4 Å². The summed E-state index contributed by atoms with van der Waals surface area (Å²) in [5.74, 6) is 0.494. The average molecular weight is 329 g/mol. The van der Waals surface area contributed by atoms with Crippen molar-refractivity contribution >= 4 is 17.2 Å². The average Bonchev–Trinajstić information content (AvgIpc) is 3.20. The summed E-state index contributed by atoms with van der Waals surface area (Å²) in [5.41, 5.74) is 1.10. The molecule has 3 unspecified atom stereocenters. The Labute approximate surface area is 141 Å². The highest BCUT2D eigenvalue weighted by molar-refractivity contribution is 7.10. The number of hydrogen-bond acceptors (Lipinski definition) is 3. The minimum absolute atomic E-state index is 0.0513. The minimum Gasteiger partial charge on any atom is -0.387 e. The van der Waals surface area contributed by atoms with E-state index in [1.165, 1.54) is 0 Å². The summed E-state index contributed by atoms with van der Waals surface area (Å²) in [5, 5.41) is 15.3. The van der Waals surface area contributed by atoms with Crippen LogP contribution in [0.4, 0.5) is 0 Å². The Kier molecular flexibility index (Phi) is 5.13. The van der Waals surface area contributed by atoms with Crippen LogP contribution in [0.25, 0.3) is 0 Å². The molecular formula is C19H23NO2S. The van der Waals surface area contributed by atoms with Gasteiger partial charge in [0, 0.05) is 10.9 Å². The third-order valence-corrected chi connectivity index (χ3v) is 5.35. The van der Waals surface area contributed by atoms with Gasteiger partial charge in [-0.2, -0.15) is 0 Å². The van der Waals surface area contributed by atoms with Gasteiger partial charge in [-0.1, -0.05) is 36.4 Å². The van der Waals surface area contributed by atoms with Crippen LogP contribution >= 0.6 is 11.3 Å². The maximum Gasteiger partial charge on any atom is 0.228 e. The fourth-order valence-corrected chi connectivity index (χ4v) is 3.78. The molecule has 2 aromatic rings. The van der Waals surface area contributed by atoms with Gasteiger partial charge in [-0.15, -0.1) is 11.3 Å². The highest BCUT2D eigenvalue weighted by atomic mass is 32.1. The molecule has 0 bridgehead atoms. The van der Waals surface area contributed by atoms with Gasteiger partial charge in [0.1, 0.15) is 0 Å². The van der Waals surface area contributed by atoms with Gasteiger partial charge in [0.2, 0.25) is 5.91 Å². The molecule has 1 heterocycles. The van der Waals surface area contributed by atoms with Crippen molar-refractivity contribution in [1.29, 1.82) is 0 Å². The van der Waals surface area contributed by atoms with E-state index >= 15 is 0 Å². The van der Waals surface area contributed by atoms with Gasteiger partial charge >= 0.3 is 0 Å². The zero-order chi connectivity index (χ0) is 16.2. The van der Waals surface area contributed by atoms with Crippen LogP contribution in [0.3, 0.4) is 0 Å². The monoisotopic (exact) mass is 329 g/mol. The second kappa shape index (κ2) is 7.28.